The maximum Gasteiger partial charge on any atom is 0.310 e. The summed E-state index contributed by atoms with van der Waals surface area (Å²) >= 11 is 0. The average molecular weight is 305 g/mol. The molecule has 1 aliphatic rings. The highest BCUT2D eigenvalue weighted by Crippen LogP contribution is 2.17. The van der Waals surface area contributed by atoms with Crippen molar-refractivity contribution in [2.24, 2.45) is 5.92 Å². The average Bonchev–Trinajstić information content (AvgIpc) is 2.82. The minimum atomic E-state index is -0.772. The SMILES string of the molecule is CC(C)Cc1ccc(C(C)C(=O)O)cc1.O=C1CCC(=O)N1. The Kier molecular flexibility index (Phi) is 6.76. The van der Waals surface area contributed by atoms with Crippen molar-refractivity contribution in [1.29, 1.82) is 0 Å². The Morgan fingerprint density at radius 2 is 1.59 bits per heavy atom. The van der Waals surface area contributed by atoms with E-state index in [0.29, 0.717) is 18.8 Å². The number of carbonyl (C=O) groups excluding carboxylic acids is 2. The van der Waals surface area contributed by atoms with E-state index in [4.69, 9.17) is 5.11 Å². The molecular formula is C17H23NO4. The maximum absolute atomic E-state index is 10.8. The fourth-order valence-electron chi connectivity index (χ4n) is 2.06. The van der Waals surface area contributed by atoms with Crippen molar-refractivity contribution in [1.82, 2.24) is 5.32 Å². The van der Waals surface area contributed by atoms with E-state index in [1.165, 1.54) is 5.56 Å². The summed E-state index contributed by atoms with van der Waals surface area (Å²) in [5.41, 5.74) is 2.14. The Morgan fingerprint density at radius 3 is 1.91 bits per heavy atom. The Hall–Kier alpha value is -2.17. The van der Waals surface area contributed by atoms with Crippen LogP contribution in [-0.2, 0) is 20.8 Å². The van der Waals surface area contributed by atoms with Crippen LogP contribution in [0.4, 0.5) is 0 Å². The quantitative estimate of drug-likeness (QED) is 0.837. The smallest absolute Gasteiger partial charge is 0.310 e. The largest absolute Gasteiger partial charge is 0.481 e. The van der Waals surface area contributed by atoms with E-state index in [9.17, 15) is 14.4 Å². The number of benzene rings is 1. The summed E-state index contributed by atoms with van der Waals surface area (Å²) in [7, 11) is 0. The molecule has 1 aliphatic heterocycles. The molecule has 1 unspecified atom stereocenters. The predicted molar refractivity (Wildman–Crippen MR) is 83.4 cm³/mol. The number of aliphatic carboxylic acids is 1. The monoisotopic (exact) mass is 305 g/mol. The lowest BCUT2D eigenvalue weighted by atomic mass is 9.97. The molecule has 1 aromatic rings. The summed E-state index contributed by atoms with van der Waals surface area (Å²) in [6, 6.07) is 7.87. The molecule has 5 heteroatoms. The molecule has 1 heterocycles. The van der Waals surface area contributed by atoms with Crippen LogP contribution in [0, 0.1) is 5.92 Å². The van der Waals surface area contributed by atoms with Crippen LogP contribution in [-0.4, -0.2) is 22.9 Å². The molecule has 22 heavy (non-hydrogen) atoms. The van der Waals surface area contributed by atoms with E-state index < -0.39 is 11.9 Å². The van der Waals surface area contributed by atoms with Gasteiger partial charge in [-0.1, -0.05) is 38.1 Å². The Morgan fingerprint density at radius 1 is 1.09 bits per heavy atom. The van der Waals surface area contributed by atoms with Gasteiger partial charge in [-0.15, -0.1) is 0 Å². The molecule has 5 nitrogen and oxygen atoms in total. The summed E-state index contributed by atoms with van der Waals surface area (Å²) in [4.78, 5) is 31.0. The van der Waals surface area contributed by atoms with E-state index in [-0.39, 0.29) is 11.8 Å². The number of imide groups is 1. The number of hydrogen-bond donors (Lipinski definition) is 2. The third-order valence-electron chi connectivity index (χ3n) is 3.35. The highest BCUT2D eigenvalue weighted by molar-refractivity contribution is 6.01. The van der Waals surface area contributed by atoms with Crippen LogP contribution >= 0.6 is 0 Å². The molecule has 120 valence electrons. The van der Waals surface area contributed by atoms with Crippen molar-refractivity contribution < 1.29 is 19.5 Å². The molecular weight excluding hydrogens is 282 g/mol. The van der Waals surface area contributed by atoms with Crippen molar-refractivity contribution in [2.75, 3.05) is 0 Å². The van der Waals surface area contributed by atoms with Gasteiger partial charge < -0.3 is 5.11 Å². The van der Waals surface area contributed by atoms with Gasteiger partial charge in [0.15, 0.2) is 0 Å². The highest BCUT2D eigenvalue weighted by Gasteiger charge is 2.15. The van der Waals surface area contributed by atoms with Gasteiger partial charge in [-0.05, 0) is 30.4 Å². The molecule has 0 aromatic heterocycles. The van der Waals surface area contributed by atoms with Crippen LogP contribution < -0.4 is 5.32 Å². The molecule has 0 spiro atoms. The topological polar surface area (TPSA) is 83.5 Å². The van der Waals surface area contributed by atoms with Crippen LogP contribution in [0.1, 0.15) is 50.7 Å². The van der Waals surface area contributed by atoms with Gasteiger partial charge in [0.1, 0.15) is 0 Å². The van der Waals surface area contributed by atoms with E-state index in [0.717, 1.165) is 12.0 Å². The molecule has 2 rings (SSSR count). The van der Waals surface area contributed by atoms with Gasteiger partial charge in [0.2, 0.25) is 11.8 Å². The Bertz CT molecular complexity index is 520. The normalized spacial score (nSPS) is 15.1. The third kappa shape index (κ3) is 6.08. The lowest BCUT2D eigenvalue weighted by Gasteiger charge is -2.09. The van der Waals surface area contributed by atoms with Crippen molar-refractivity contribution in [3.63, 3.8) is 0 Å². The van der Waals surface area contributed by atoms with Gasteiger partial charge in [-0.2, -0.15) is 0 Å². The van der Waals surface area contributed by atoms with Crippen LogP contribution in [0.15, 0.2) is 24.3 Å². The first-order chi connectivity index (χ1) is 10.3. The third-order valence-corrected chi connectivity index (χ3v) is 3.35. The molecule has 1 fully saturated rings. The van der Waals surface area contributed by atoms with Crippen LogP contribution in [0.5, 0.6) is 0 Å². The summed E-state index contributed by atoms with van der Waals surface area (Å²) in [5.74, 6) is -0.854. The maximum atomic E-state index is 10.8. The fraction of sp³-hybridized carbons (Fsp3) is 0.471. The first-order valence-electron chi connectivity index (χ1n) is 7.44. The van der Waals surface area contributed by atoms with Crippen molar-refractivity contribution >= 4 is 17.8 Å². The van der Waals surface area contributed by atoms with Gasteiger partial charge in [0.05, 0.1) is 5.92 Å². The van der Waals surface area contributed by atoms with E-state index in [2.05, 4.69) is 19.2 Å². The molecule has 0 bridgehead atoms. The van der Waals surface area contributed by atoms with E-state index >= 15 is 0 Å². The zero-order valence-electron chi connectivity index (χ0n) is 13.3. The number of amides is 2. The summed E-state index contributed by atoms with van der Waals surface area (Å²) in [6.45, 7) is 6.06. The first-order valence-corrected chi connectivity index (χ1v) is 7.44. The minimum absolute atomic E-state index is 0.148. The van der Waals surface area contributed by atoms with Crippen LogP contribution in [0.2, 0.25) is 0 Å². The Balaban J connectivity index is 0.000000287. The number of carboxylic acid groups (broad SMARTS) is 1. The van der Waals surface area contributed by atoms with Gasteiger partial charge >= 0.3 is 5.97 Å². The number of nitrogens with one attached hydrogen (secondary N) is 1. The molecule has 0 saturated carbocycles. The van der Waals surface area contributed by atoms with Crippen molar-refractivity contribution in [2.45, 2.75) is 46.0 Å². The minimum Gasteiger partial charge on any atom is -0.481 e. The van der Waals surface area contributed by atoms with Crippen LogP contribution in [0.3, 0.4) is 0 Å². The van der Waals surface area contributed by atoms with Gasteiger partial charge in [-0.3, -0.25) is 19.7 Å². The zero-order valence-corrected chi connectivity index (χ0v) is 13.3. The summed E-state index contributed by atoms with van der Waals surface area (Å²) < 4.78 is 0. The van der Waals surface area contributed by atoms with E-state index in [1.54, 1.807) is 6.92 Å². The molecule has 1 saturated heterocycles. The van der Waals surface area contributed by atoms with Crippen LogP contribution in [0.25, 0.3) is 0 Å². The fourth-order valence-corrected chi connectivity index (χ4v) is 2.06. The Labute approximate surface area is 130 Å². The number of rotatable bonds is 4. The summed E-state index contributed by atoms with van der Waals surface area (Å²) in [5, 5.41) is 11.0. The molecule has 2 N–H and O–H groups in total. The first kappa shape index (κ1) is 17.9. The number of carbonyl (C=O) groups is 3. The number of hydrogen-bond acceptors (Lipinski definition) is 3. The highest BCUT2D eigenvalue weighted by atomic mass is 16.4. The van der Waals surface area contributed by atoms with E-state index in [1.807, 2.05) is 24.3 Å². The molecule has 2 amide bonds. The molecule has 1 aromatic carbocycles. The molecule has 1 atom stereocenters. The van der Waals surface area contributed by atoms with Crippen molar-refractivity contribution in [3.05, 3.63) is 35.4 Å². The molecule has 0 aliphatic carbocycles. The van der Waals surface area contributed by atoms with Crippen molar-refractivity contribution in [3.8, 4) is 0 Å². The second-order valence-corrected chi connectivity index (χ2v) is 5.87. The predicted octanol–water partition coefficient (Wildman–Crippen LogP) is 2.50. The van der Waals surface area contributed by atoms with Gasteiger partial charge in [-0.25, -0.2) is 0 Å². The zero-order chi connectivity index (χ0) is 16.7. The second kappa shape index (κ2) is 8.32. The lowest BCUT2D eigenvalue weighted by Crippen LogP contribution is -2.18. The van der Waals surface area contributed by atoms with Gasteiger partial charge in [0.25, 0.3) is 0 Å². The lowest BCUT2D eigenvalue weighted by molar-refractivity contribution is -0.138. The summed E-state index contributed by atoms with van der Waals surface area (Å²) in [6.07, 6.45) is 1.79. The standard InChI is InChI=1S/C13H18O2.C4H5NO2/c1-9(2)8-11-4-6-12(7-5-11)10(3)13(14)15;6-3-1-2-4(7)5-3/h4-7,9-10H,8H2,1-3H3,(H,14,15);1-2H2,(H,5,6,7). The second-order valence-electron chi connectivity index (χ2n) is 5.87. The number of carboxylic acids is 1. The molecule has 0 radical (unpaired) electrons. The van der Waals surface area contributed by atoms with Gasteiger partial charge in [0, 0.05) is 12.8 Å².